The van der Waals surface area contributed by atoms with Crippen LogP contribution in [0.1, 0.15) is 16.8 Å². The molecule has 21 heavy (non-hydrogen) atoms. The predicted molar refractivity (Wildman–Crippen MR) is 69.4 cm³/mol. The van der Waals surface area contributed by atoms with Crippen LogP contribution in [-0.2, 0) is 14.3 Å². The molecule has 0 saturated carbocycles. The van der Waals surface area contributed by atoms with Crippen LogP contribution in [0.3, 0.4) is 0 Å². The SMILES string of the molecule is COC(=O)C[C@H](NC(=O)c1ccc2n[nH]nc2c1)C(=O)O. The van der Waals surface area contributed by atoms with Crippen molar-refractivity contribution in [1.82, 2.24) is 20.7 Å². The van der Waals surface area contributed by atoms with Gasteiger partial charge in [-0.2, -0.15) is 15.4 Å². The number of carbonyl (C=O) groups excluding carboxylic acids is 2. The van der Waals surface area contributed by atoms with Crippen LogP contribution < -0.4 is 5.32 Å². The maximum absolute atomic E-state index is 12.0. The zero-order valence-corrected chi connectivity index (χ0v) is 11.0. The van der Waals surface area contributed by atoms with Crippen molar-refractivity contribution in [1.29, 1.82) is 0 Å². The minimum Gasteiger partial charge on any atom is -0.480 e. The number of benzene rings is 1. The number of hydrogen-bond donors (Lipinski definition) is 3. The zero-order chi connectivity index (χ0) is 15.4. The number of amides is 1. The Balaban J connectivity index is 2.14. The Morgan fingerprint density at radius 2 is 2.05 bits per heavy atom. The van der Waals surface area contributed by atoms with Gasteiger partial charge in [0.25, 0.3) is 5.91 Å². The first-order valence-corrected chi connectivity index (χ1v) is 5.92. The number of carboxylic acid groups (broad SMARTS) is 1. The van der Waals surface area contributed by atoms with Crippen LogP contribution in [0.4, 0.5) is 0 Å². The molecule has 1 heterocycles. The summed E-state index contributed by atoms with van der Waals surface area (Å²) in [6, 6.07) is 3.16. The molecule has 0 spiro atoms. The van der Waals surface area contributed by atoms with Crippen molar-refractivity contribution < 1.29 is 24.2 Å². The molecule has 1 aromatic carbocycles. The van der Waals surface area contributed by atoms with Gasteiger partial charge >= 0.3 is 11.9 Å². The molecule has 1 aromatic heterocycles. The molecule has 0 unspecified atom stereocenters. The molecule has 2 aromatic rings. The molecule has 0 radical (unpaired) electrons. The number of carboxylic acids is 1. The Hall–Kier alpha value is -2.97. The summed E-state index contributed by atoms with van der Waals surface area (Å²) in [7, 11) is 1.14. The summed E-state index contributed by atoms with van der Waals surface area (Å²) in [5.74, 6) is -2.68. The van der Waals surface area contributed by atoms with Gasteiger partial charge in [0, 0.05) is 5.56 Å². The highest BCUT2D eigenvalue weighted by atomic mass is 16.5. The number of nitrogens with one attached hydrogen (secondary N) is 2. The van der Waals surface area contributed by atoms with E-state index in [9.17, 15) is 14.4 Å². The van der Waals surface area contributed by atoms with Crippen molar-refractivity contribution in [3.63, 3.8) is 0 Å². The molecule has 0 saturated heterocycles. The number of aromatic amines is 1. The van der Waals surface area contributed by atoms with E-state index in [1.54, 1.807) is 6.07 Å². The molecule has 0 aliphatic rings. The standard InChI is InChI=1S/C12H12N4O5/c1-21-10(17)5-9(12(19)20)13-11(18)6-2-3-7-8(4-6)15-16-14-7/h2-4,9H,5H2,1H3,(H,13,18)(H,19,20)(H,14,15,16)/t9-/m0/s1. The van der Waals surface area contributed by atoms with Crippen molar-refractivity contribution in [2.75, 3.05) is 7.11 Å². The highest BCUT2D eigenvalue weighted by Crippen LogP contribution is 2.11. The van der Waals surface area contributed by atoms with Gasteiger partial charge in [0.05, 0.1) is 13.5 Å². The molecule has 3 N–H and O–H groups in total. The van der Waals surface area contributed by atoms with Crippen molar-refractivity contribution in [3.8, 4) is 0 Å². The van der Waals surface area contributed by atoms with E-state index in [1.807, 2.05) is 0 Å². The third-order valence-electron chi connectivity index (χ3n) is 2.78. The Labute approximate surface area is 118 Å². The number of ether oxygens (including phenoxy) is 1. The highest BCUT2D eigenvalue weighted by molar-refractivity contribution is 5.99. The van der Waals surface area contributed by atoms with E-state index in [-0.39, 0.29) is 5.56 Å². The summed E-state index contributed by atoms with van der Waals surface area (Å²) >= 11 is 0. The lowest BCUT2D eigenvalue weighted by molar-refractivity contribution is -0.147. The molecule has 0 fully saturated rings. The van der Waals surface area contributed by atoms with Crippen LogP contribution in [0.2, 0.25) is 0 Å². The van der Waals surface area contributed by atoms with E-state index >= 15 is 0 Å². The van der Waals surface area contributed by atoms with Gasteiger partial charge in [-0.05, 0) is 18.2 Å². The monoisotopic (exact) mass is 292 g/mol. The Morgan fingerprint density at radius 1 is 1.33 bits per heavy atom. The number of aromatic nitrogens is 3. The van der Waals surface area contributed by atoms with E-state index < -0.39 is 30.3 Å². The van der Waals surface area contributed by atoms with Crippen molar-refractivity contribution in [2.45, 2.75) is 12.5 Å². The molecule has 9 nitrogen and oxygen atoms in total. The number of nitrogens with zero attached hydrogens (tertiary/aromatic N) is 2. The van der Waals surface area contributed by atoms with E-state index in [0.29, 0.717) is 11.0 Å². The maximum Gasteiger partial charge on any atom is 0.326 e. The van der Waals surface area contributed by atoms with Gasteiger partial charge in [0.2, 0.25) is 0 Å². The Kier molecular flexibility index (Phi) is 4.12. The molecule has 0 aliphatic carbocycles. The summed E-state index contributed by atoms with van der Waals surface area (Å²) < 4.78 is 4.39. The van der Waals surface area contributed by atoms with Crippen molar-refractivity contribution >= 4 is 28.9 Å². The number of aliphatic carboxylic acids is 1. The summed E-state index contributed by atoms with van der Waals surface area (Å²) in [5, 5.41) is 21.3. The van der Waals surface area contributed by atoms with Crippen LogP contribution in [0, 0.1) is 0 Å². The van der Waals surface area contributed by atoms with Gasteiger partial charge in [0.15, 0.2) is 0 Å². The van der Waals surface area contributed by atoms with Crippen molar-refractivity contribution in [2.24, 2.45) is 0 Å². The van der Waals surface area contributed by atoms with E-state index in [4.69, 9.17) is 5.11 Å². The van der Waals surface area contributed by atoms with Gasteiger partial charge in [-0.25, -0.2) is 4.79 Å². The molecule has 9 heteroatoms. The normalized spacial score (nSPS) is 11.9. The molecule has 1 amide bonds. The zero-order valence-electron chi connectivity index (χ0n) is 11.0. The first kappa shape index (κ1) is 14.4. The second-order valence-corrected chi connectivity index (χ2v) is 4.17. The number of esters is 1. The van der Waals surface area contributed by atoms with E-state index in [1.165, 1.54) is 12.1 Å². The third kappa shape index (κ3) is 3.32. The molecule has 0 aliphatic heterocycles. The fourth-order valence-electron chi connectivity index (χ4n) is 1.67. The predicted octanol–water partition coefficient (Wildman–Crippen LogP) is -0.296. The van der Waals surface area contributed by atoms with Gasteiger partial charge in [0.1, 0.15) is 17.1 Å². The van der Waals surface area contributed by atoms with Crippen LogP contribution in [-0.4, -0.2) is 51.5 Å². The fourth-order valence-corrected chi connectivity index (χ4v) is 1.67. The quantitative estimate of drug-likeness (QED) is 0.644. The van der Waals surface area contributed by atoms with Gasteiger partial charge in [-0.3, -0.25) is 9.59 Å². The topological polar surface area (TPSA) is 134 Å². The minimum absolute atomic E-state index is 0.215. The van der Waals surface area contributed by atoms with Gasteiger partial charge in [-0.15, -0.1) is 0 Å². The minimum atomic E-state index is -1.36. The van der Waals surface area contributed by atoms with E-state index in [0.717, 1.165) is 7.11 Å². The Bertz CT molecular complexity index is 696. The lowest BCUT2D eigenvalue weighted by Gasteiger charge is -2.13. The van der Waals surface area contributed by atoms with Gasteiger partial charge < -0.3 is 15.2 Å². The first-order chi connectivity index (χ1) is 10.0. The maximum atomic E-state index is 12.0. The van der Waals surface area contributed by atoms with Crippen LogP contribution in [0.15, 0.2) is 18.2 Å². The number of rotatable bonds is 5. The largest absolute Gasteiger partial charge is 0.480 e. The van der Waals surface area contributed by atoms with Crippen LogP contribution in [0.5, 0.6) is 0 Å². The number of carbonyl (C=O) groups is 3. The Morgan fingerprint density at radius 3 is 2.71 bits per heavy atom. The molecule has 0 bridgehead atoms. The number of methoxy groups -OCH3 is 1. The summed E-state index contributed by atoms with van der Waals surface area (Å²) in [6.45, 7) is 0. The average molecular weight is 292 g/mol. The fraction of sp³-hybridized carbons (Fsp3) is 0.250. The lowest BCUT2D eigenvalue weighted by atomic mass is 10.1. The number of H-pyrrole nitrogens is 1. The molecule has 110 valence electrons. The number of hydrogen-bond acceptors (Lipinski definition) is 6. The molecular weight excluding hydrogens is 280 g/mol. The van der Waals surface area contributed by atoms with E-state index in [2.05, 4.69) is 25.5 Å². The highest BCUT2D eigenvalue weighted by Gasteiger charge is 2.24. The van der Waals surface area contributed by atoms with Crippen LogP contribution >= 0.6 is 0 Å². The molecule has 1 atom stereocenters. The second-order valence-electron chi connectivity index (χ2n) is 4.17. The van der Waals surface area contributed by atoms with Gasteiger partial charge in [-0.1, -0.05) is 0 Å². The second kappa shape index (κ2) is 5.99. The molecule has 2 rings (SSSR count). The summed E-state index contributed by atoms with van der Waals surface area (Å²) in [6.07, 6.45) is -0.455. The first-order valence-electron chi connectivity index (χ1n) is 5.92. The number of fused-ring (bicyclic) bond motifs is 1. The third-order valence-corrected chi connectivity index (χ3v) is 2.78. The molecular formula is C12H12N4O5. The smallest absolute Gasteiger partial charge is 0.326 e. The average Bonchev–Trinajstić information content (AvgIpc) is 2.93. The summed E-state index contributed by atoms with van der Waals surface area (Å²) in [5.41, 5.74) is 1.27. The lowest BCUT2D eigenvalue weighted by Crippen LogP contribution is -2.42. The van der Waals surface area contributed by atoms with Crippen LogP contribution in [0.25, 0.3) is 11.0 Å². The van der Waals surface area contributed by atoms with Crippen molar-refractivity contribution in [3.05, 3.63) is 23.8 Å². The summed E-state index contributed by atoms with van der Waals surface area (Å²) in [4.78, 5) is 34.2.